The van der Waals surface area contributed by atoms with Gasteiger partial charge in [0.1, 0.15) is 6.61 Å². The highest BCUT2D eigenvalue weighted by Crippen LogP contribution is 2.26. The Balaban J connectivity index is 1.50. The summed E-state index contributed by atoms with van der Waals surface area (Å²) in [6, 6.07) is 15.7. The van der Waals surface area contributed by atoms with Gasteiger partial charge in [-0.15, -0.1) is 0 Å². The molecule has 6 nitrogen and oxygen atoms in total. The molecule has 0 aromatic heterocycles. The van der Waals surface area contributed by atoms with E-state index in [9.17, 15) is 4.79 Å². The second-order valence-electron chi connectivity index (χ2n) is 6.87. The molecule has 0 bridgehead atoms. The van der Waals surface area contributed by atoms with Gasteiger partial charge in [0.25, 0.3) is 0 Å². The molecule has 1 aliphatic heterocycles. The number of hydrogen-bond acceptors (Lipinski definition) is 6. The molecule has 0 N–H and O–H groups in total. The SMILES string of the molecule is COC(=O)c1ccc(N2CCN(CCOc3ccccc3OC)C(C)C2)cc1. The van der Waals surface area contributed by atoms with E-state index in [1.54, 1.807) is 7.11 Å². The van der Waals surface area contributed by atoms with Gasteiger partial charge in [-0.05, 0) is 43.3 Å². The number of methoxy groups -OCH3 is 2. The molecule has 2 aromatic rings. The zero-order valence-corrected chi connectivity index (χ0v) is 16.8. The molecule has 1 atom stereocenters. The average molecular weight is 384 g/mol. The van der Waals surface area contributed by atoms with E-state index in [2.05, 4.69) is 16.7 Å². The van der Waals surface area contributed by atoms with E-state index < -0.39 is 0 Å². The van der Waals surface area contributed by atoms with Gasteiger partial charge >= 0.3 is 5.97 Å². The van der Waals surface area contributed by atoms with Crippen molar-refractivity contribution in [2.75, 3.05) is 51.9 Å². The van der Waals surface area contributed by atoms with Gasteiger partial charge in [-0.3, -0.25) is 4.90 Å². The van der Waals surface area contributed by atoms with Crippen LogP contribution in [0.4, 0.5) is 5.69 Å². The maximum atomic E-state index is 11.6. The zero-order chi connectivity index (χ0) is 19.9. The first kappa shape index (κ1) is 20.0. The molecule has 0 amide bonds. The molecular weight excluding hydrogens is 356 g/mol. The van der Waals surface area contributed by atoms with Gasteiger partial charge in [0, 0.05) is 37.9 Å². The van der Waals surface area contributed by atoms with Crippen LogP contribution in [0.1, 0.15) is 17.3 Å². The Labute approximate surface area is 166 Å². The third-order valence-electron chi connectivity index (χ3n) is 5.12. The molecule has 6 heteroatoms. The number of carbonyl (C=O) groups is 1. The predicted octanol–water partition coefficient (Wildman–Crippen LogP) is 3.07. The Kier molecular flexibility index (Phi) is 6.76. The number of ether oxygens (including phenoxy) is 3. The van der Waals surface area contributed by atoms with E-state index in [0.29, 0.717) is 18.2 Å². The molecule has 2 aromatic carbocycles. The van der Waals surface area contributed by atoms with Crippen molar-refractivity contribution in [3.63, 3.8) is 0 Å². The number of benzene rings is 2. The minimum absolute atomic E-state index is 0.306. The molecule has 1 heterocycles. The molecule has 0 aliphatic carbocycles. The molecule has 3 rings (SSSR count). The molecule has 0 saturated carbocycles. The Hall–Kier alpha value is -2.73. The maximum Gasteiger partial charge on any atom is 0.337 e. The second kappa shape index (κ2) is 9.46. The molecule has 1 fully saturated rings. The van der Waals surface area contributed by atoms with Crippen molar-refractivity contribution in [2.45, 2.75) is 13.0 Å². The van der Waals surface area contributed by atoms with Gasteiger partial charge in [0.2, 0.25) is 0 Å². The highest BCUT2D eigenvalue weighted by atomic mass is 16.5. The lowest BCUT2D eigenvalue weighted by molar-refractivity contribution is 0.0600. The van der Waals surface area contributed by atoms with Crippen molar-refractivity contribution >= 4 is 11.7 Å². The molecule has 1 aliphatic rings. The number of rotatable bonds is 7. The molecule has 150 valence electrons. The first-order chi connectivity index (χ1) is 13.6. The van der Waals surface area contributed by atoms with Crippen LogP contribution in [0.3, 0.4) is 0 Å². The van der Waals surface area contributed by atoms with E-state index in [0.717, 1.165) is 43.4 Å². The van der Waals surface area contributed by atoms with Gasteiger partial charge in [-0.25, -0.2) is 4.79 Å². The van der Waals surface area contributed by atoms with E-state index in [-0.39, 0.29) is 5.97 Å². The lowest BCUT2D eigenvalue weighted by Crippen LogP contribution is -2.52. The van der Waals surface area contributed by atoms with Gasteiger partial charge in [0.15, 0.2) is 11.5 Å². The Morgan fingerprint density at radius 3 is 2.39 bits per heavy atom. The van der Waals surface area contributed by atoms with E-state index in [1.807, 2.05) is 48.5 Å². The summed E-state index contributed by atoms with van der Waals surface area (Å²) in [5.74, 6) is 1.23. The van der Waals surface area contributed by atoms with Crippen molar-refractivity contribution < 1.29 is 19.0 Å². The zero-order valence-electron chi connectivity index (χ0n) is 16.8. The van der Waals surface area contributed by atoms with Gasteiger partial charge in [0.05, 0.1) is 19.8 Å². The topological polar surface area (TPSA) is 51.2 Å². The van der Waals surface area contributed by atoms with Crippen molar-refractivity contribution in [2.24, 2.45) is 0 Å². The molecule has 0 spiro atoms. The molecular formula is C22H28N2O4. The largest absolute Gasteiger partial charge is 0.493 e. The van der Waals surface area contributed by atoms with Crippen LogP contribution in [0.15, 0.2) is 48.5 Å². The number of nitrogens with zero attached hydrogens (tertiary/aromatic N) is 2. The first-order valence-electron chi connectivity index (χ1n) is 9.55. The quantitative estimate of drug-likeness (QED) is 0.684. The van der Waals surface area contributed by atoms with Crippen molar-refractivity contribution in [1.82, 2.24) is 4.90 Å². The Morgan fingerprint density at radius 1 is 1.04 bits per heavy atom. The summed E-state index contributed by atoms with van der Waals surface area (Å²) >= 11 is 0. The van der Waals surface area contributed by atoms with Crippen LogP contribution >= 0.6 is 0 Å². The van der Waals surface area contributed by atoms with Crippen LogP contribution < -0.4 is 14.4 Å². The standard InChI is InChI=1S/C22H28N2O4/c1-17-16-24(19-10-8-18(9-11-19)22(25)27-3)13-12-23(17)14-15-28-21-7-5-4-6-20(21)26-2/h4-11,17H,12-16H2,1-3H3. The number of anilines is 1. The highest BCUT2D eigenvalue weighted by molar-refractivity contribution is 5.89. The minimum atomic E-state index is -0.306. The summed E-state index contributed by atoms with van der Waals surface area (Å²) < 4.78 is 16.0. The van der Waals surface area contributed by atoms with Gasteiger partial charge in [-0.2, -0.15) is 0 Å². The molecule has 1 saturated heterocycles. The molecule has 0 radical (unpaired) electrons. The molecule has 1 unspecified atom stereocenters. The van der Waals surface area contributed by atoms with Gasteiger partial charge in [-0.1, -0.05) is 12.1 Å². The monoisotopic (exact) mass is 384 g/mol. The highest BCUT2D eigenvalue weighted by Gasteiger charge is 2.24. The van der Waals surface area contributed by atoms with Crippen molar-refractivity contribution in [1.29, 1.82) is 0 Å². The number of esters is 1. The minimum Gasteiger partial charge on any atom is -0.493 e. The normalized spacial score (nSPS) is 17.2. The number of piperazine rings is 1. The Morgan fingerprint density at radius 2 is 1.75 bits per heavy atom. The average Bonchev–Trinajstić information content (AvgIpc) is 2.74. The summed E-state index contributed by atoms with van der Waals surface area (Å²) in [5, 5.41) is 0. The second-order valence-corrected chi connectivity index (χ2v) is 6.87. The third-order valence-corrected chi connectivity index (χ3v) is 5.12. The van der Waals surface area contributed by atoms with Gasteiger partial charge < -0.3 is 19.1 Å². The fourth-order valence-corrected chi connectivity index (χ4v) is 3.50. The van der Waals surface area contributed by atoms with E-state index in [1.165, 1.54) is 7.11 Å². The van der Waals surface area contributed by atoms with Crippen LogP contribution in [0.5, 0.6) is 11.5 Å². The molecule has 28 heavy (non-hydrogen) atoms. The van der Waals surface area contributed by atoms with Crippen LogP contribution in [0.25, 0.3) is 0 Å². The third kappa shape index (κ3) is 4.75. The van der Waals surface area contributed by atoms with Crippen LogP contribution in [0.2, 0.25) is 0 Å². The van der Waals surface area contributed by atoms with Crippen LogP contribution in [-0.2, 0) is 4.74 Å². The van der Waals surface area contributed by atoms with Crippen molar-refractivity contribution in [3.8, 4) is 11.5 Å². The van der Waals surface area contributed by atoms with E-state index in [4.69, 9.17) is 14.2 Å². The van der Waals surface area contributed by atoms with Crippen LogP contribution in [0, 0.1) is 0 Å². The van der Waals surface area contributed by atoms with Crippen LogP contribution in [-0.4, -0.2) is 63.9 Å². The first-order valence-corrected chi connectivity index (χ1v) is 9.55. The summed E-state index contributed by atoms with van der Waals surface area (Å²) in [5.41, 5.74) is 1.70. The predicted molar refractivity (Wildman–Crippen MR) is 110 cm³/mol. The van der Waals surface area contributed by atoms with Crippen molar-refractivity contribution in [3.05, 3.63) is 54.1 Å². The summed E-state index contributed by atoms with van der Waals surface area (Å²) in [7, 11) is 3.05. The number of hydrogen-bond donors (Lipinski definition) is 0. The fraction of sp³-hybridized carbons (Fsp3) is 0.409. The lowest BCUT2D eigenvalue weighted by Gasteiger charge is -2.41. The Bertz CT molecular complexity index is 778. The number of para-hydroxylation sites is 2. The smallest absolute Gasteiger partial charge is 0.337 e. The summed E-state index contributed by atoms with van der Waals surface area (Å²) in [6.45, 7) is 6.57. The summed E-state index contributed by atoms with van der Waals surface area (Å²) in [4.78, 5) is 16.4. The lowest BCUT2D eigenvalue weighted by atomic mass is 10.1. The summed E-state index contributed by atoms with van der Waals surface area (Å²) in [6.07, 6.45) is 0. The number of carbonyl (C=O) groups excluding carboxylic acids is 1. The van der Waals surface area contributed by atoms with E-state index >= 15 is 0 Å². The fourth-order valence-electron chi connectivity index (χ4n) is 3.50. The maximum absolute atomic E-state index is 11.6.